The first-order chi connectivity index (χ1) is 29.0. The van der Waals surface area contributed by atoms with Crippen molar-refractivity contribution in [2.75, 3.05) is 9.80 Å². The first kappa shape index (κ1) is 38.4. The molecule has 9 aromatic rings. The number of hydrogen-bond acceptors (Lipinski definition) is 2. The molecule has 0 aliphatic carbocycles. The van der Waals surface area contributed by atoms with E-state index in [-0.39, 0.29) is 0 Å². The molecule has 2 nitrogen and oxygen atoms in total. The summed E-state index contributed by atoms with van der Waals surface area (Å²) in [5.41, 5.74) is 14.7. The molecular formula is C54H37Br2ClN2. The van der Waals surface area contributed by atoms with Gasteiger partial charge in [0.2, 0.25) is 0 Å². The molecule has 0 saturated carbocycles. The normalized spacial score (nSPS) is 11.0. The van der Waals surface area contributed by atoms with E-state index in [0.717, 1.165) is 87.6 Å². The number of benzene rings is 9. The predicted octanol–water partition coefficient (Wildman–Crippen LogP) is 17.5. The largest absolute Gasteiger partial charge is 0.309 e. The maximum Gasteiger partial charge on any atom is 0.0618 e. The highest BCUT2D eigenvalue weighted by molar-refractivity contribution is 9.10. The Morgan fingerprint density at radius 2 is 0.593 bits per heavy atom. The average molecular weight is 909 g/mol. The summed E-state index contributed by atoms with van der Waals surface area (Å²) in [6.45, 7) is 0. The van der Waals surface area contributed by atoms with E-state index in [0.29, 0.717) is 5.02 Å². The van der Waals surface area contributed by atoms with Gasteiger partial charge in [0.15, 0.2) is 0 Å². The van der Waals surface area contributed by atoms with Crippen LogP contribution in [0.25, 0.3) is 44.5 Å². The van der Waals surface area contributed by atoms with Crippen LogP contribution < -0.4 is 9.80 Å². The average Bonchev–Trinajstić information content (AvgIpc) is 3.28. The van der Waals surface area contributed by atoms with Gasteiger partial charge in [0, 0.05) is 59.0 Å². The van der Waals surface area contributed by atoms with Gasteiger partial charge < -0.3 is 9.80 Å². The number of halogens is 3. The molecule has 0 atom stereocenters. The Bertz CT molecular complexity index is 2560. The summed E-state index contributed by atoms with van der Waals surface area (Å²) in [7, 11) is 0. The van der Waals surface area contributed by atoms with E-state index in [1.165, 1.54) is 0 Å². The van der Waals surface area contributed by atoms with E-state index in [1.54, 1.807) is 0 Å². The van der Waals surface area contributed by atoms with E-state index in [4.69, 9.17) is 11.6 Å². The molecule has 0 heterocycles. The summed E-state index contributed by atoms with van der Waals surface area (Å²) in [5.74, 6) is 0. The Morgan fingerprint density at radius 3 is 0.898 bits per heavy atom. The standard InChI is InChI=1S/C54H37Br2ClN2/c55-42-25-13-27-45(33-42)58(53-49(38-17-5-1-6-18-38)29-15-30-50(53)39-19-7-2-8-20-39)47-35-44(57)36-48(37-47)59(46-28-14-26-43(56)34-46)54-51(40-21-9-3-10-22-40)31-16-32-52(54)41-23-11-4-12-24-41/h1-37H. The molecule has 284 valence electrons. The van der Waals surface area contributed by atoms with Crippen LogP contribution in [0.2, 0.25) is 5.02 Å². The van der Waals surface area contributed by atoms with Gasteiger partial charge in [-0.2, -0.15) is 0 Å². The van der Waals surface area contributed by atoms with Crippen LogP contribution in [0, 0.1) is 0 Å². The molecule has 0 N–H and O–H groups in total. The van der Waals surface area contributed by atoms with E-state index in [9.17, 15) is 0 Å². The zero-order valence-electron chi connectivity index (χ0n) is 31.9. The third kappa shape index (κ3) is 8.13. The first-order valence-corrected chi connectivity index (χ1v) is 21.4. The minimum absolute atomic E-state index is 0.606. The zero-order valence-corrected chi connectivity index (χ0v) is 35.8. The van der Waals surface area contributed by atoms with Gasteiger partial charge in [-0.25, -0.2) is 0 Å². The number of para-hydroxylation sites is 2. The fraction of sp³-hybridized carbons (Fsp3) is 0. The smallest absolute Gasteiger partial charge is 0.0618 e. The molecule has 0 unspecified atom stereocenters. The zero-order chi connectivity index (χ0) is 40.1. The quantitative estimate of drug-likeness (QED) is 0.135. The van der Waals surface area contributed by atoms with E-state index < -0.39 is 0 Å². The second kappa shape index (κ2) is 17.4. The highest BCUT2D eigenvalue weighted by atomic mass is 79.9. The molecule has 9 aromatic carbocycles. The van der Waals surface area contributed by atoms with Crippen LogP contribution in [0.4, 0.5) is 34.1 Å². The summed E-state index contributed by atoms with van der Waals surface area (Å²) in [4.78, 5) is 4.70. The Balaban J connectivity index is 1.36. The van der Waals surface area contributed by atoms with Crippen molar-refractivity contribution in [3.8, 4) is 44.5 Å². The molecule has 0 bridgehead atoms. The monoisotopic (exact) mass is 906 g/mol. The summed E-state index contributed by atoms with van der Waals surface area (Å²) in [5, 5.41) is 0.606. The number of anilines is 6. The summed E-state index contributed by atoms with van der Waals surface area (Å²) >= 11 is 15.0. The Morgan fingerprint density at radius 1 is 0.288 bits per heavy atom. The van der Waals surface area contributed by atoms with Gasteiger partial charge in [-0.3, -0.25) is 0 Å². The van der Waals surface area contributed by atoms with Crippen LogP contribution in [0.5, 0.6) is 0 Å². The van der Waals surface area contributed by atoms with E-state index >= 15 is 0 Å². The molecule has 59 heavy (non-hydrogen) atoms. The van der Waals surface area contributed by atoms with Gasteiger partial charge in [-0.1, -0.05) is 213 Å². The van der Waals surface area contributed by atoms with Gasteiger partial charge in [-0.15, -0.1) is 0 Å². The molecular weight excluding hydrogens is 872 g/mol. The third-order valence-corrected chi connectivity index (χ3v) is 11.6. The minimum atomic E-state index is 0.606. The molecule has 0 spiro atoms. The molecule has 0 amide bonds. The highest BCUT2D eigenvalue weighted by Gasteiger charge is 2.26. The maximum absolute atomic E-state index is 7.41. The van der Waals surface area contributed by atoms with Crippen LogP contribution in [0.1, 0.15) is 0 Å². The van der Waals surface area contributed by atoms with Gasteiger partial charge in [0.25, 0.3) is 0 Å². The van der Waals surface area contributed by atoms with Crippen molar-refractivity contribution < 1.29 is 0 Å². The van der Waals surface area contributed by atoms with Gasteiger partial charge in [-0.05, 0) is 76.9 Å². The van der Waals surface area contributed by atoms with Crippen molar-refractivity contribution in [3.63, 3.8) is 0 Å². The molecule has 0 fully saturated rings. The highest BCUT2D eigenvalue weighted by Crippen LogP contribution is 2.51. The SMILES string of the molecule is Clc1cc(N(c2cccc(Br)c2)c2c(-c3ccccc3)cccc2-c2ccccc2)cc(N(c2cccc(Br)c2)c2c(-c3ccccc3)cccc2-c2ccccc2)c1. The summed E-state index contributed by atoms with van der Waals surface area (Å²) < 4.78 is 1.95. The number of rotatable bonds is 10. The molecule has 0 aliphatic rings. The molecule has 0 aromatic heterocycles. The van der Waals surface area contributed by atoms with Gasteiger partial charge in [0.05, 0.1) is 11.4 Å². The van der Waals surface area contributed by atoms with Gasteiger partial charge in [0.1, 0.15) is 0 Å². The van der Waals surface area contributed by atoms with Crippen molar-refractivity contribution in [2.45, 2.75) is 0 Å². The molecule has 0 radical (unpaired) electrons. The molecule has 0 saturated heterocycles. The van der Waals surface area contributed by atoms with Crippen LogP contribution in [-0.2, 0) is 0 Å². The van der Waals surface area contributed by atoms with Crippen LogP contribution in [-0.4, -0.2) is 0 Å². The van der Waals surface area contributed by atoms with E-state index in [2.05, 4.69) is 266 Å². The fourth-order valence-corrected chi connectivity index (χ4v) is 8.83. The third-order valence-electron chi connectivity index (χ3n) is 10.4. The second-order valence-electron chi connectivity index (χ2n) is 14.2. The predicted molar refractivity (Wildman–Crippen MR) is 258 cm³/mol. The fourth-order valence-electron chi connectivity index (χ4n) is 7.83. The molecule has 0 aliphatic heterocycles. The van der Waals surface area contributed by atoms with Crippen molar-refractivity contribution in [1.29, 1.82) is 0 Å². The van der Waals surface area contributed by atoms with E-state index in [1.807, 2.05) is 0 Å². The second-order valence-corrected chi connectivity index (χ2v) is 16.4. The Labute approximate surface area is 367 Å². The number of nitrogens with zero attached hydrogens (tertiary/aromatic N) is 2. The van der Waals surface area contributed by atoms with Crippen molar-refractivity contribution >= 4 is 77.6 Å². The summed E-state index contributed by atoms with van der Waals surface area (Å²) in [6, 6.07) is 78.9. The minimum Gasteiger partial charge on any atom is -0.309 e. The molecule has 5 heteroatoms. The topological polar surface area (TPSA) is 6.48 Å². The lowest BCUT2D eigenvalue weighted by Gasteiger charge is -2.34. The summed E-state index contributed by atoms with van der Waals surface area (Å²) in [6.07, 6.45) is 0. The maximum atomic E-state index is 7.41. The number of hydrogen-bond donors (Lipinski definition) is 0. The van der Waals surface area contributed by atoms with Crippen LogP contribution >= 0.6 is 43.5 Å². The van der Waals surface area contributed by atoms with Crippen LogP contribution in [0.15, 0.2) is 233 Å². The first-order valence-electron chi connectivity index (χ1n) is 19.4. The van der Waals surface area contributed by atoms with Gasteiger partial charge >= 0.3 is 0 Å². The van der Waals surface area contributed by atoms with Crippen molar-refractivity contribution in [2.24, 2.45) is 0 Å². The molecule has 9 rings (SSSR count). The lowest BCUT2D eigenvalue weighted by Crippen LogP contribution is -2.16. The Hall–Kier alpha value is -6.17. The van der Waals surface area contributed by atoms with Crippen molar-refractivity contribution in [1.82, 2.24) is 0 Å². The Kier molecular flexibility index (Phi) is 11.3. The lowest BCUT2D eigenvalue weighted by molar-refractivity contribution is 1.25. The van der Waals surface area contributed by atoms with Crippen LogP contribution in [0.3, 0.4) is 0 Å². The van der Waals surface area contributed by atoms with Crippen molar-refractivity contribution in [3.05, 3.63) is 238 Å². The lowest BCUT2D eigenvalue weighted by atomic mass is 9.93.